The van der Waals surface area contributed by atoms with Gasteiger partial charge in [0.15, 0.2) is 0 Å². The monoisotopic (exact) mass is 953 g/mol. The highest BCUT2D eigenvalue weighted by atomic mass is 32.1. The molecule has 4 heterocycles. The number of pyridine rings is 1. The van der Waals surface area contributed by atoms with Crippen molar-refractivity contribution in [3.63, 3.8) is 0 Å². The number of methoxy groups -OCH3 is 1. The number of rotatable bonds is 19. The van der Waals surface area contributed by atoms with Gasteiger partial charge in [0.1, 0.15) is 12.1 Å². The summed E-state index contributed by atoms with van der Waals surface area (Å²) >= 11 is 3.54. The Hall–Kier alpha value is -5.55. The Bertz CT molecular complexity index is 2400. The SMILES string of the molecule is C=CC(=O)N1CCC(C(=O)N(C)C(C(=O)NC(Cc2cccc(-c3ccc4c(c3)c(CC(C)(C)COC=O)c(-c3cccnc3C(C)OC)n4CC)c2)C(=O)N2CCCCN2)C(C)C)C1.CNS. The van der Waals surface area contributed by atoms with Gasteiger partial charge in [0.05, 0.1) is 30.0 Å². The summed E-state index contributed by atoms with van der Waals surface area (Å²) in [6, 6.07) is 16.8. The number of aromatic nitrogens is 2. The lowest BCUT2D eigenvalue weighted by atomic mass is 9.84. The lowest BCUT2D eigenvalue weighted by Crippen LogP contribution is -2.59. The minimum Gasteiger partial charge on any atom is -0.467 e. The number of fused-ring (bicyclic) bond motifs is 1. The molecule has 0 aliphatic carbocycles. The lowest BCUT2D eigenvalue weighted by molar-refractivity contribution is -0.145. The van der Waals surface area contributed by atoms with Crippen LogP contribution < -0.4 is 15.5 Å². The highest BCUT2D eigenvalue weighted by Crippen LogP contribution is 2.42. The van der Waals surface area contributed by atoms with E-state index in [-0.39, 0.29) is 49.3 Å². The van der Waals surface area contributed by atoms with Gasteiger partial charge in [-0.25, -0.2) is 5.43 Å². The predicted octanol–water partition coefficient (Wildman–Crippen LogP) is 6.56. The number of benzene rings is 2. The first-order chi connectivity index (χ1) is 32.5. The number of likely N-dealkylation sites (N-methyl/N-ethyl adjacent to an activating group) is 1. The summed E-state index contributed by atoms with van der Waals surface area (Å²) in [6.45, 7) is 19.0. The second-order valence-corrected chi connectivity index (χ2v) is 19.2. The zero-order chi connectivity index (χ0) is 49.7. The molecule has 2 aromatic carbocycles. The molecule has 2 aliphatic heterocycles. The van der Waals surface area contributed by atoms with Crippen LogP contribution in [0.3, 0.4) is 0 Å². The van der Waals surface area contributed by atoms with Gasteiger partial charge < -0.3 is 29.2 Å². The van der Waals surface area contributed by atoms with Crippen LogP contribution in [-0.4, -0.2) is 121 Å². The second kappa shape index (κ2) is 24.6. The van der Waals surface area contributed by atoms with Crippen LogP contribution in [0.25, 0.3) is 33.3 Å². The molecule has 0 radical (unpaired) electrons. The van der Waals surface area contributed by atoms with Gasteiger partial charge in [-0.15, -0.1) is 0 Å². The number of hydrogen-bond donors (Lipinski definition) is 4. The fraction of sp³-hybridized carbons (Fsp3) is 0.500. The summed E-state index contributed by atoms with van der Waals surface area (Å²) in [6.07, 6.45) is 5.90. The standard InChI is InChI=1S/C51H67N7O7.CH5NS/c1-10-44(60)56-25-21-38(30-56)49(62)55(8)46(33(3)4)48(61)54-42(50(63)58-24-13-12-23-53-58)27-35-16-14-17-36(26-35)37-19-20-43-40(28-37)41(29-51(6,7)31-65-32-59)47(57(43)11-2)39-18-15-22-52-45(39)34(5)64-9;1-2-3/h10,14-20,22,26,28,32-34,38,42,46,53H,1,11-13,21,23-25,27,29-31H2,2-9H3,(H,54,61);2-3H,1H3. The van der Waals surface area contributed by atoms with Crippen LogP contribution in [-0.2, 0) is 52.8 Å². The maximum Gasteiger partial charge on any atom is 0.293 e. The summed E-state index contributed by atoms with van der Waals surface area (Å²) in [7, 11) is 5.05. The van der Waals surface area contributed by atoms with Crippen LogP contribution in [0, 0.1) is 17.3 Å². The number of aryl methyl sites for hydroxylation is 1. The number of amides is 4. The first-order valence-electron chi connectivity index (χ1n) is 23.7. The summed E-state index contributed by atoms with van der Waals surface area (Å²) in [5.74, 6) is -1.78. The summed E-state index contributed by atoms with van der Waals surface area (Å²) in [5.41, 5.74) is 10.6. The molecule has 0 bridgehead atoms. The van der Waals surface area contributed by atoms with Gasteiger partial charge in [-0.05, 0) is 105 Å². The summed E-state index contributed by atoms with van der Waals surface area (Å²) in [4.78, 5) is 74.0. The third-order valence-electron chi connectivity index (χ3n) is 12.9. The van der Waals surface area contributed by atoms with Crippen molar-refractivity contribution in [2.45, 2.75) is 98.4 Å². The number of carbonyl (C=O) groups excluding carboxylic acids is 5. The number of likely N-dealkylation sites (tertiary alicyclic amines) is 1. The molecule has 2 fully saturated rings. The van der Waals surface area contributed by atoms with E-state index in [9.17, 15) is 24.0 Å². The van der Waals surface area contributed by atoms with E-state index in [0.29, 0.717) is 45.5 Å². The molecule has 0 saturated carbocycles. The van der Waals surface area contributed by atoms with Crippen LogP contribution in [0.2, 0.25) is 0 Å². The maximum absolute atomic E-state index is 14.4. The average Bonchev–Trinajstić information content (AvgIpc) is 3.95. The van der Waals surface area contributed by atoms with Gasteiger partial charge in [0.25, 0.3) is 12.4 Å². The minimum atomic E-state index is -0.922. The number of ether oxygens (including phenoxy) is 2. The second-order valence-electron chi connectivity index (χ2n) is 18.8. The van der Waals surface area contributed by atoms with Crippen molar-refractivity contribution >= 4 is 53.8 Å². The Morgan fingerprint density at radius 3 is 2.44 bits per heavy atom. The van der Waals surface area contributed by atoms with Gasteiger partial charge in [0.2, 0.25) is 17.7 Å². The van der Waals surface area contributed by atoms with E-state index in [1.54, 1.807) is 37.3 Å². The van der Waals surface area contributed by atoms with Crippen LogP contribution in [0.5, 0.6) is 0 Å². The highest BCUT2D eigenvalue weighted by molar-refractivity contribution is 7.78. The molecule has 2 aromatic heterocycles. The van der Waals surface area contributed by atoms with Crippen LogP contribution >= 0.6 is 12.8 Å². The van der Waals surface area contributed by atoms with Crippen molar-refractivity contribution in [2.24, 2.45) is 17.3 Å². The zero-order valence-corrected chi connectivity index (χ0v) is 42.2. The van der Waals surface area contributed by atoms with Gasteiger partial charge >= 0.3 is 0 Å². The lowest BCUT2D eigenvalue weighted by Gasteiger charge is -2.35. The molecule has 2 aliphatic rings. The van der Waals surface area contributed by atoms with Crippen molar-refractivity contribution in [1.82, 2.24) is 39.8 Å². The molecule has 368 valence electrons. The van der Waals surface area contributed by atoms with Gasteiger partial charge in [-0.1, -0.05) is 77.4 Å². The van der Waals surface area contributed by atoms with E-state index < -0.39 is 29.3 Å². The van der Waals surface area contributed by atoms with E-state index in [0.717, 1.165) is 62.9 Å². The fourth-order valence-electron chi connectivity index (χ4n) is 9.54. The minimum absolute atomic E-state index is 0.212. The van der Waals surface area contributed by atoms with E-state index in [1.165, 1.54) is 11.0 Å². The molecule has 6 rings (SSSR count). The Kier molecular flexibility index (Phi) is 19.4. The number of nitrogens with one attached hydrogen (secondary N) is 3. The van der Waals surface area contributed by atoms with Gasteiger partial charge in [-0.2, -0.15) is 0 Å². The van der Waals surface area contributed by atoms with E-state index >= 15 is 0 Å². The van der Waals surface area contributed by atoms with E-state index in [1.807, 2.05) is 45.0 Å². The quantitative estimate of drug-likeness (QED) is 0.0460. The van der Waals surface area contributed by atoms with Crippen molar-refractivity contribution in [3.05, 3.63) is 90.3 Å². The molecule has 68 heavy (non-hydrogen) atoms. The van der Waals surface area contributed by atoms with Gasteiger partial charge in [-0.3, -0.25) is 38.7 Å². The normalized spacial score (nSPS) is 16.4. The first-order valence-corrected chi connectivity index (χ1v) is 24.1. The predicted molar refractivity (Wildman–Crippen MR) is 270 cm³/mol. The molecule has 2 saturated heterocycles. The molecule has 0 spiro atoms. The Balaban J connectivity index is 0.00000280. The van der Waals surface area contributed by atoms with Crippen molar-refractivity contribution in [3.8, 4) is 22.4 Å². The molecule has 16 heteroatoms. The van der Waals surface area contributed by atoms with Crippen LogP contribution in [0.4, 0.5) is 0 Å². The molecule has 4 atom stereocenters. The molecule has 3 N–H and O–H groups in total. The third kappa shape index (κ3) is 12.7. The van der Waals surface area contributed by atoms with E-state index in [4.69, 9.17) is 14.5 Å². The molecular weight excluding hydrogens is 881 g/mol. The smallest absolute Gasteiger partial charge is 0.293 e. The summed E-state index contributed by atoms with van der Waals surface area (Å²) in [5, 5.41) is 5.76. The molecule has 4 unspecified atom stereocenters. The first kappa shape index (κ1) is 53.4. The van der Waals surface area contributed by atoms with Crippen LogP contribution in [0.15, 0.2) is 73.4 Å². The molecule has 15 nitrogen and oxygen atoms in total. The highest BCUT2D eigenvalue weighted by Gasteiger charge is 2.39. The van der Waals surface area contributed by atoms with Crippen molar-refractivity contribution in [2.75, 3.05) is 54.0 Å². The summed E-state index contributed by atoms with van der Waals surface area (Å²) < 4.78 is 15.9. The molecule has 4 aromatic rings. The van der Waals surface area contributed by atoms with Crippen molar-refractivity contribution < 1.29 is 33.4 Å². The largest absolute Gasteiger partial charge is 0.467 e. The topological polar surface area (TPSA) is 167 Å². The van der Waals surface area contributed by atoms with E-state index in [2.05, 4.69) is 90.5 Å². The van der Waals surface area contributed by atoms with Crippen molar-refractivity contribution in [1.29, 1.82) is 0 Å². The molecule has 4 amide bonds. The number of hydrazine groups is 1. The number of nitrogens with zero attached hydrogens (tertiary/aromatic N) is 5. The van der Waals surface area contributed by atoms with Crippen LogP contribution in [0.1, 0.15) is 83.7 Å². The zero-order valence-electron chi connectivity index (χ0n) is 41.3. The average molecular weight is 953 g/mol. The number of thiol groups is 1. The number of carbonyl (C=O) groups is 5. The van der Waals surface area contributed by atoms with Gasteiger partial charge in [0, 0.05) is 81.4 Å². The Labute approximate surface area is 407 Å². The Morgan fingerprint density at radius 2 is 1.79 bits per heavy atom. The maximum atomic E-state index is 14.4. The number of hydrogen-bond acceptors (Lipinski definition) is 11. The fourth-order valence-corrected chi connectivity index (χ4v) is 9.54. The third-order valence-corrected chi connectivity index (χ3v) is 12.9. The Morgan fingerprint density at radius 1 is 1.06 bits per heavy atom. The molecular formula is C52H72N8O7S.